The van der Waals surface area contributed by atoms with Crippen LogP contribution in [0.5, 0.6) is 0 Å². The molecule has 88 valence electrons. The second kappa shape index (κ2) is 2.88. The van der Waals surface area contributed by atoms with E-state index in [0.29, 0.717) is 5.82 Å². The first kappa shape index (κ1) is 10.3. The summed E-state index contributed by atoms with van der Waals surface area (Å²) in [5, 5.41) is 6.44. The number of hydrogen-bond donors (Lipinski definition) is 1. The van der Waals surface area contributed by atoms with E-state index in [9.17, 15) is 13.2 Å². The number of hydrogen-bond acceptors (Lipinski definition) is 2. The Morgan fingerprint density at radius 3 is 2.44 bits per heavy atom. The van der Waals surface area contributed by atoms with Crippen LogP contribution in [-0.2, 0) is 5.54 Å². The monoisotopic (exact) mass is 249 g/mol. The van der Waals surface area contributed by atoms with Crippen LogP contribution in [0.2, 0.25) is 0 Å². The largest absolute Gasteiger partial charge is 0.412 e. The number of alkyl halides is 3. The molecule has 0 atom stereocenters. The van der Waals surface area contributed by atoms with E-state index in [-0.39, 0.29) is 23.5 Å². The van der Waals surface area contributed by atoms with E-state index in [2.05, 4.69) is 10.2 Å². The molecule has 16 heavy (non-hydrogen) atoms. The van der Waals surface area contributed by atoms with Gasteiger partial charge < -0.3 is 0 Å². The van der Waals surface area contributed by atoms with Crippen molar-refractivity contribution in [2.75, 3.05) is 0 Å². The predicted octanol–water partition coefficient (Wildman–Crippen LogP) is 2.87. The summed E-state index contributed by atoms with van der Waals surface area (Å²) < 4.78 is 40.3. The maximum absolute atomic E-state index is 13.0. The molecular weight excluding hydrogens is 239 g/mol. The molecule has 0 aromatic carbocycles. The number of halogens is 3. The summed E-state index contributed by atoms with van der Waals surface area (Å²) in [6.07, 6.45) is -2.19. The van der Waals surface area contributed by atoms with Crippen LogP contribution in [0.4, 0.5) is 13.2 Å². The average Bonchev–Trinajstić information content (AvgIpc) is 3.06. The summed E-state index contributed by atoms with van der Waals surface area (Å²) in [6.45, 7) is 0. The van der Waals surface area contributed by atoms with E-state index in [1.54, 1.807) is 0 Å². The molecular formula is C9H10F3N3S. The van der Waals surface area contributed by atoms with Crippen molar-refractivity contribution in [1.29, 1.82) is 0 Å². The highest BCUT2D eigenvalue weighted by Gasteiger charge is 2.66. The summed E-state index contributed by atoms with van der Waals surface area (Å²) >= 11 is 4.92. The summed E-state index contributed by atoms with van der Waals surface area (Å²) in [6, 6.07) is 0. The molecule has 0 saturated heterocycles. The molecule has 0 spiro atoms. The van der Waals surface area contributed by atoms with Crippen LogP contribution in [0.15, 0.2) is 0 Å². The number of rotatable bonds is 2. The molecule has 2 aliphatic carbocycles. The Hall–Kier alpha value is -0.850. The minimum Gasteiger partial charge on any atom is -0.288 e. The second-order valence-electron chi connectivity index (χ2n) is 4.53. The molecule has 0 bridgehead atoms. The van der Waals surface area contributed by atoms with Gasteiger partial charge in [-0.05, 0) is 37.9 Å². The number of aromatic amines is 1. The smallest absolute Gasteiger partial charge is 0.288 e. The van der Waals surface area contributed by atoms with Gasteiger partial charge in [0.2, 0.25) is 0 Å². The van der Waals surface area contributed by atoms with Gasteiger partial charge in [-0.25, -0.2) is 0 Å². The van der Waals surface area contributed by atoms with Crippen molar-refractivity contribution in [1.82, 2.24) is 14.8 Å². The third-order valence-electron chi connectivity index (χ3n) is 3.32. The highest BCUT2D eigenvalue weighted by Crippen LogP contribution is 2.57. The minimum absolute atomic E-state index is 0.0942. The van der Waals surface area contributed by atoms with Crippen molar-refractivity contribution in [3.63, 3.8) is 0 Å². The molecule has 1 aromatic rings. The van der Waals surface area contributed by atoms with E-state index >= 15 is 0 Å². The quantitative estimate of drug-likeness (QED) is 0.818. The number of nitrogens with one attached hydrogen (secondary N) is 1. The van der Waals surface area contributed by atoms with Gasteiger partial charge >= 0.3 is 6.18 Å². The first-order chi connectivity index (χ1) is 7.46. The molecule has 3 rings (SSSR count). The van der Waals surface area contributed by atoms with Crippen LogP contribution < -0.4 is 0 Å². The summed E-state index contributed by atoms with van der Waals surface area (Å²) in [7, 11) is 0. The van der Waals surface area contributed by atoms with Gasteiger partial charge in [0.1, 0.15) is 11.4 Å². The maximum atomic E-state index is 13.0. The fraction of sp³-hybridized carbons (Fsp3) is 0.778. The molecule has 1 N–H and O–H groups in total. The molecule has 2 saturated carbocycles. The standard InChI is InChI=1S/C9H10F3N3S/c10-9(11,12)8(3-4-8)15-6(5-1-2-5)13-14-7(15)16/h5H,1-4H2,(H,14,16). The van der Waals surface area contributed by atoms with Gasteiger partial charge in [0.25, 0.3) is 0 Å². The Balaban J connectivity index is 2.12. The third kappa shape index (κ3) is 1.27. The van der Waals surface area contributed by atoms with Crippen LogP contribution in [0.3, 0.4) is 0 Å². The highest BCUT2D eigenvalue weighted by atomic mass is 32.1. The van der Waals surface area contributed by atoms with E-state index in [1.807, 2.05) is 0 Å². The predicted molar refractivity (Wildman–Crippen MR) is 52.6 cm³/mol. The van der Waals surface area contributed by atoms with Gasteiger partial charge in [0.05, 0.1) is 0 Å². The van der Waals surface area contributed by atoms with Gasteiger partial charge in [0, 0.05) is 5.92 Å². The fourth-order valence-corrected chi connectivity index (χ4v) is 2.40. The van der Waals surface area contributed by atoms with Crippen LogP contribution in [0.1, 0.15) is 37.4 Å². The molecule has 7 heteroatoms. The van der Waals surface area contributed by atoms with Gasteiger partial charge in [-0.15, -0.1) is 0 Å². The minimum atomic E-state index is -4.24. The topological polar surface area (TPSA) is 33.6 Å². The van der Waals surface area contributed by atoms with Crippen molar-refractivity contribution in [2.24, 2.45) is 0 Å². The lowest BCUT2D eigenvalue weighted by Gasteiger charge is -2.22. The molecule has 3 nitrogen and oxygen atoms in total. The van der Waals surface area contributed by atoms with E-state index in [1.165, 1.54) is 4.57 Å². The highest BCUT2D eigenvalue weighted by molar-refractivity contribution is 7.71. The van der Waals surface area contributed by atoms with Gasteiger partial charge in [-0.2, -0.15) is 18.3 Å². The van der Waals surface area contributed by atoms with Crippen LogP contribution in [0.25, 0.3) is 0 Å². The lowest BCUT2D eigenvalue weighted by molar-refractivity contribution is -0.180. The first-order valence-corrected chi connectivity index (χ1v) is 5.61. The molecule has 1 heterocycles. The number of H-pyrrole nitrogens is 1. The molecule has 1 aromatic heterocycles. The zero-order chi connectivity index (χ0) is 11.6. The molecule has 0 aliphatic heterocycles. The van der Waals surface area contributed by atoms with Crippen molar-refractivity contribution >= 4 is 12.2 Å². The van der Waals surface area contributed by atoms with Crippen molar-refractivity contribution in [2.45, 2.75) is 43.3 Å². The Morgan fingerprint density at radius 2 is 2.00 bits per heavy atom. The van der Waals surface area contributed by atoms with E-state index in [0.717, 1.165) is 12.8 Å². The Morgan fingerprint density at radius 1 is 1.38 bits per heavy atom. The lowest BCUT2D eigenvalue weighted by atomic mass is 10.2. The van der Waals surface area contributed by atoms with Crippen LogP contribution in [-0.4, -0.2) is 20.9 Å². The third-order valence-corrected chi connectivity index (χ3v) is 3.59. The number of nitrogens with zero attached hydrogens (tertiary/aromatic N) is 2. The van der Waals surface area contributed by atoms with E-state index < -0.39 is 11.7 Å². The maximum Gasteiger partial charge on any atom is 0.412 e. The van der Waals surface area contributed by atoms with Gasteiger partial charge in [0.15, 0.2) is 4.77 Å². The molecule has 0 amide bonds. The van der Waals surface area contributed by atoms with Gasteiger partial charge in [-0.1, -0.05) is 0 Å². The summed E-state index contributed by atoms with van der Waals surface area (Å²) in [5.41, 5.74) is -1.77. The van der Waals surface area contributed by atoms with Gasteiger partial charge in [-0.3, -0.25) is 9.67 Å². The van der Waals surface area contributed by atoms with Crippen molar-refractivity contribution < 1.29 is 13.2 Å². The summed E-state index contributed by atoms with van der Waals surface area (Å²) in [4.78, 5) is 0. The Bertz CT molecular complexity index is 479. The Labute approximate surface area is 94.7 Å². The van der Waals surface area contributed by atoms with Crippen LogP contribution in [0, 0.1) is 4.77 Å². The normalized spacial score (nSPS) is 23.4. The van der Waals surface area contributed by atoms with Crippen molar-refractivity contribution in [3.8, 4) is 0 Å². The molecule has 0 unspecified atom stereocenters. The summed E-state index contributed by atoms with van der Waals surface area (Å²) in [5.74, 6) is 0.646. The fourth-order valence-electron chi connectivity index (χ4n) is 2.09. The van der Waals surface area contributed by atoms with E-state index in [4.69, 9.17) is 12.2 Å². The molecule has 0 radical (unpaired) electrons. The lowest BCUT2D eigenvalue weighted by Crippen LogP contribution is -2.36. The average molecular weight is 249 g/mol. The van der Waals surface area contributed by atoms with Crippen molar-refractivity contribution in [3.05, 3.63) is 10.6 Å². The molecule has 2 aliphatic rings. The first-order valence-electron chi connectivity index (χ1n) is 5.20. The van der Waals surface area contributed by atoms with Crippen LogP contribution >= 0.6 is 12.2 Å². The SMILES string of the molecule is FC(F)(F)C1(n2c(C3CC3)n[nH]c2=S)CC1. The second-order valence-corrected chi connectivity index (χ2v) is 4.91. The zero-order valence-electron chi connectivity index (χ0n) is 8.34. The zero-order valence-corrected chi connectivity index (χ0v) is 9.16. The molecule has 2 fully saturated rings. The number of aromatic nitrogens is 3. The Kier molecular flexibility index (Phi) is 1.86.